The van der Waals surface area contributed by atoms with Gasteiger partial charge in [-0.25, -0.2) is 0 Å². The quantitative estimate of drug-likeness (QED) is 0.272. The third-order valence-corrected chi connectivity index (χ3v) is 6.60. The molecule has 0 amide bonds. The van der Waals surface area contributed by atoms with Gasteiger partial charge in [-0.3, -0.25) is 4.55 Å². The normalized spacial score (nSPS) is 12.8. The van der Waals surface area contributed by atoms with Crippen LogP contribution in [0.2, 0.25) is 0 Å². The Morgan fingerprint density at radius 3 is 2.32 bits per heavy atom. The Labute approximate surface area is 181 Å². The Morgan fingerprint density at radius 1 is 0.871 bits per heavy atom. The largest absolute Gasteiger partial charge is 0.463 e. The molecule has 1 aliphatic rings. The van der Waals surface area contributed by atoms with E-state index in [1.165, 1.54) is 17.4 Å². The average Bonchev–Trinajstić information content (AvgIpc) is 3.15. The van der Waals surface area contributed by atoms with Gasteiger partial charge in [0.1, 0.15) is 4.90 Å². The monoisotopic (exact) mass is 428 g/mol. The smallest absolute Gasteiger partial charge is 0.298 e. The number of hydrogen-bond acceptors (Lipinski definition) is 3. The summed E-state index contributed by atoms with van der Waals surface area (Å²) < 4.78 is 40.9. The van der Waals surface area contributed by atoms with Crippen LogP contribution in [0.5, 0.6) is 5.75 Å². The van der Waals surface area contributed by atoms with E-state index in [9.17, 15) is 13.0 Å². The van der Waals surface area contributed by atoms with Gasteiger partial charge in [0.05, 0.1) is 6.26 Å². The first-order chi connectivity index (χ1) is 15.0. The maximum absolute atomic E-state index is 12.5. The predicted molar refractivity (Wildman–Crippen MR) is 123 cm³/mol. The first-order valence-electron chi connectivity index (χ1n) is 10.0. The molecule has 0 saturated carbocycles. The van der Waals surface area contributed by atoms with Gasteiger partial charge < -0.3 is 4.74 Å². The van der Waals surface area contributed by atoms with Crippen LogP contribution < -0.4 is 4.74 Å². The van der Waals surface area contributed by atoms with E-state index < -0.39 is 10.1 Å². The standard InChI is InChI=1S/C26H20O4S/c1-2-14-30-25-24(16-18-9-4-6-11-20(18)26(25)31(27,28)29)22-13-7-12-21-19-10-5-3-8-17(19)15-23(21)22/h2-14,16H,15H2,1H3,(H,27,28,29). The second-order valence-corrected chi connectivity index (χ2v) is 8.89. The maximum atomic E-state index is 12.5. The molecule has 0 saturated heterocycles. The molecular weight excluding hydrogens is 408 g/mol. The van der Waals surface area contributed by atoms with Crippen LogP contribution in [-0.2, 0) is 16.5 Å². The summed E-state index contributed by atoms with van der Waals surface area (Å²) in [6, 6.07) is 23.3. The first-order valence-corrected chi connectivity index (χ1v) is 11.4. The molecule has 4 aromatic carbocycles. The lowest BCUT2D eigenvalue weighted by molar-refractivity contribution is 0.452. The van der Waals surface area contributed by atoms with Crippen LogP contribution in [-0.4, -0.2) is 13.0 Å². The van der Waals surface area contributed by atoms with Gasteiger partial charge >= 0.3 is 0 Å². The van der Waals surface area contributed by atoms with Crippen LogP contribution in [0, 0.1) is 0 Å². The van der Waals surface area contributed by atoms with Gasteiger partial charge in [-0.1, -0.05) is 72.8 Å². The average molecular weight is 429 g/mol. The molecule has 0 radical (unpaired) electrons. The zero-order valence-corrected chi connectivity index (χ0v) is 17.7. The van der Waals surface area contributed by atoms with E-state index in [1.54, 1.807) is 25.1 Å². The predicted octanol–water partition coefficient (Wildman–Crippen LogP) is 6.24. The molecule has 4 nitrogen and oxygen atoms in total. The molecule has 0 spiro atoms. The van der Waals surface area contributed by atoms with E-state index in [0.717, 1.165) is 23.1 Å². The molecule has 1 aliphatic carbocycles. The zero-order valence-electron chi connectivity index (χ0n) is 16.9. The molecule has 0 bridgehead atoms. The van der Waals surface area contributed by atoms with Crippen molar-refractivity contribution in [3.8, 4) is 28.0 Å². The zero-order chi connectivity index (χ0) is 21.6. The van der Waals surface area contributed by atoms with Crippen LogP contribution in [0.25, 0.3) is 33.0 Å². The van der Waals surface area contributed by atoms with Crippen LogP contribution in [0.3, 0.4) is 0 Å². The molecule has 1 N–H and O–H groups in total. The summed E-state index contributed by atoms with van der Waals surface area (Å²) in [6.45, 7) is 1.78. The minimum Gasteiger partial charge on any atom is -0.463 e. The molecule has 5 rings (SSSR count). The van der Waals surface area contributed by atoms with Crippen LogP contribution >= 0.6 is 0 Å². The molecule has 0 atom stereocenters. The highest BCUT2D eigenvalue weighted by atomic mass is 32.2. The SMILES string of the molecule is CC=COc1c(-c2cccc3c2Cc2ccccc2-3)cc2ccccc2c1S(=O)(=O)O. The number of ether oxygens (including phenoxy) is 1. The highest BCUT2D eigenvalue weighted by molar-refractivity contribution is 7.86. The van der Waals surface area contributed by atoms with Gasteiger partial charge in [-0.15, -0.1) is 0 Å². The molecule has 0 heterocycles. The Bertz CT molecular complexity index is 1470. The van der Waals surface area contributed by atoms with Crippen molar-refractivity contribution in [2.75, 3.05) is 0 Å². The van der Waals surface area contributed by atoms with Gasteiger partial charge in [-0.05, 0) is 52.6 Å². The van der Waals surface area contributed by atoms with Gasteiger partial charge in [0.2, 0.25) is 0 Å². The van der Waals surface area contributed by atoms with Crippen LogP contribution in [0.1, 0.15) is 18.1 Å². The van der Waals surface area contributed by atoms with Gasteiger partial charge in [-0.2, -0.15) is 8.42 Å². The fraction of sp³-hybridized carbons (Fsp3) is 0.0769. The molecule has 5 heteroatoms. The maximum Gasteiger partial charge on any atom is 0.298 e. The van der Waals surface area contributed by atoms with Crippen molar-refractivity contribution < 1.29 is 17.7 Å². The number of rotatable bonds is 4. The summed E-state index contributed by atoms with van der Waals surface area (Å²) in [7, 11) is -4.55. The molecule has 31 heavy (non-hydrogen) atoms. The fourth-order valence-electron chi connectivity index (χ4n) is 4.41. The lowest BCUT2D eigenvalue weighted by atomic mass is 9.93. The van der Waals surface area contributed by atoms with Crippen molar-refractivity contribution in [2.24, 2.45) is 0 Å². The first kappa shape index (κ1) is 19.5. The van der Waals surface area contributed by atoms with E-state index in [2.05, 4.69) is 18.2 Å². The molecule has 0 fully saturated rings. The third kappa shape index (κ3) is 3.23. The van der Waals surface area contributed by atoms with Crippen LogP contribution in [0.15, 0.2) is 90.0 Å². The summed E-state index contributed by atoms with van der Waals surface area (Å²) in [6.07, 6.45) is 3.86. The molecule has 0 aromatic heterocycles. The summed E-state index contributed by atoms with van der Waals surface area (Å²) in [5.41, 5.74) is 6.19. The number of allylic oxidation sites excluding steroid dienone is 1. The van der Waals surface area contributed by atoms with Gasteiger partial charge in [0.15, 0.2) is 5.75 Å². The third-order valence-electron chi connectivity index (χ3n) is 5.68. The van der Waals surface area contributed by atoms with Crippen molar-refractivity contribution in [3.05, 3.63) is 96.3 Å². The molecule has 154 valence electrons. The Hall–Kier alpha value is -3.41. The van der Waals surface area contributed by atoms with Crippen LogP contribution in [0.4, 0.5) is 0 Å². The Morgan fingerprint density at radius 2 is 1.55 bits per heavy atom. The van der Waals surface area contributed by atoms with Crippen molar-refractivity contribution in [1.82, 2.24) is 0 Å². The van der Waals surface area contributed by atoms with Gasteiger partial charge in [0, 0.05) is 10.9 Å². The molecule has 4 aromatic rings. The fourth-order valence-corrected chi connectivity index (χ4v) is 5.27. The van der Waals surface area contributed by atoms with Crippen molar-refractivity contribution in [2.45, 2.75) is 18.2 Å². The van der Waals surface area contributed by atoms with Crippen molar-refractivity contribution in [3.63, 3.8) is 0 Å². The second-order valence-electron chi connectivity index (χ2n) is 7.53. The summed E-state index contributed by atoms with van der Waals surface area (Å²) in [4.78, 5) is -0.216. The highest BCUT2D eigenvalue weighted by Gasteiger charge is 2.28. The number of benzene rings is 4. The lowest BCUT2D eigenvalue weighted by Crippen LogP contribution is -2.04. The topological polar surface area (TPSA) is 63.6 Å². The van der Waals surface area contributed by atoms with Crippen molar-refractivity contribution >= 4 is 20.9 Å². The number of hydrogen-bond donors (Lipinski definition) is 1. The molecule has 0 aliphatic heterocycles. The second kappa shape index (κ2) is 7.38. The van der Waals surface area contributed by atoms with E-state index >= 15 is 0 Å². The summed E-state index contributed by atoms with van der Waals surface area (Å²) in [5.74, 6) is 0.128. The summed E-state index contributed by atoms with van der Waals surface area (Å²) >= 11 is 0. The minimum atomic E-state index is -4.55. The van der Waals surface area contributed by atoms with E-state index in [1.807, 2.05) is 42.5 Å². The van der Waals surface area contributed by atoms with E-state index in [-0.39, 0.29) is 10.6 Å². The highest BCUT2D eigenvalue weighted by Crippen LogP contribution is 2.47. The lowest BCUT2D eigenvalue weighted by Gasteiger charge is -2.17. The number of fused-ring (bicyclic) bond motifs is 4. The van der Waals surface area contributed by atoms with E-state index in [4.69, 9.17) is 4.74 Å². The van der Waals surface area contributed by atoms with Gasteiger partial charge in [0.25, 0.3) is 10.1 Å². The Kier molecular flexibility index (Phi) is 4.65. The van der Waals surface area contributed by atoms with E-state index in [0.29, 0.717) is 16.3 Å². The molecule has 0 unspecified atom stereocenters. The summed E-state index contributed by atoms with van der Waals surface area (Å²) in [5, 5.41) is 1.13. The minimum absolute atomic E-state index is 0.128. The van der Waals surface area contributed by atoms with Crippen molar-refractivity contribution in [1.29, 1.82) is 0 Å². The molecular formula is C26H20O4S. The Balaban J connectivity index is 1.87.